The monoisotopic (exact) mass is 361 g/mol. The van der Waals surface area contributed by atoms with Gasteiger partial charge in [0.05, 0.1) is 25.3 Å². The first kappa shape index (κ1) is 18.5. The topological polar surface area (TPSA) is 80.8 Å². The lowest BCUT2D eigenvalue weighted by Gasteiger charge is -2.21. The number of hydrogen-bond donors (Lipinski definition) is 1. The van der Waals surface area contributed by atoms with Gasteiger partial charge >= 0.3 is 5.97 Å². The van der Waals surface area contributed by atoms with Crippen molar-refractivity contribution in [3.05, 3.63) is 17.8 Å². The molecule has 0 radical (unpaired) electrons. The minimum Gasteiger partial charge on any atom is -0.477 e. The Bertz CT molecular complexity index is 654. The molecule has 1 saturated heterocycles. The maximum absolute atomic E-state index is 12.7. The lowest BCUT2D eigenvalue weighted by atomic mass is 10.2. The van der Waals surface area contributed by atoms with Gasteiger partial charge in [0.25, 0.3) is 5.91 Å². The summed E-state index contributed by atoms with van der Waals surface area (Å²) in [6.07, 6.45) is 4.62. The average molecular weight is 361 g/mol. The molecule has 2 heterocycles. The zero-order valence-electron chi connectivity index (χ0n) is 15.5. The summed E-state index contributed by atoms with van der Waals surface area (Å²) in [6.45, 7) is 4.41. The van der Waals surface area contributed by atoms with Gasteiger partial charge in [-0.3, -0.25) is 9.59 Å². The average Bonchev–Trinajstić information content (AvgIpc) is 3.34. The minimum absolute atomic E-state index is 0.208. The maximum Gasteiger partial charge on any atom is 0.310 e. The van der Waals surface area contributed by atoms with Crippen molar-refractivity contribution in [2.45, 2.75) is 32.6 Å². The highest BCUT2D eigenvalue weighted by Crippen LogP contribution is 2.30. The number of carbonyl (C=O) groups excluding carboxylic acids is 2. The number of ether oxygens (including phenoxy) is 2. The molecule has 1 atom stereocenters. The van der Waals surface area contributed by atoms with Crippen molar-refractivity contribution in [3.8, 4) is 5.88 Å². The lowest BCUT2D eigenvalue weighted by Crippen LogP contribution is -2.34. The van der Waals surface area contributed by atoms with Crippen LogP contribution in [0.4, 0.5) is 5.69 Å². The van der Waals surface area contributed by atoms with Gasteiger partial charge in [0, 0.05) is 25.7 Å². The number of anilines is 1. The number of aromatic nitrogens is 1. The molecular formula is C19H27N3O4. The van der Waals surface area contributed by atoms with Crippen LogP contribution in [0, 0.1) is 11.8 Å². The quantitative estimate of drug-likeness (QED) is 0.714. The number of hydrogen-bond acceptors (Lipinski definition) is 6. The van der Waals surface area contributed by atoms with Crippen LogP contribution in [0.2, 0.25) is 0 Å². The van der Waals surface area contributed by atoms with Crippen molar-refractivity contribution >= 4 is 17.6 Å². The van der Waals surface area contributed by atoms with Crippen molar-refractivity contribution in [1.29, 1.82) is 0 Å². The fraction of sp³-hybridized carbons (Fsp3) is 0.632. The van der Waals surface area contributed by atoms with Crippen molar-refractivity contribution in [2.75, 3.05) is 38.3 Å². The molecule has 26 heavy (non-hydrogen) atoms. The predicted octanol–water partition coefficient (Wildman–Crippen LogP) is 2.01. The van der Waals surface area contributed by atoms with Crippen LogP contribution in [0.25, 0.3) is 0 Å². The van der Waals surface area contributed by atoms with Crippen LogP contribution >= 0.6 is 0 Å². The van der Waals surface area contributed by atoms with Gasteiger partial charge in [-0.15, -0.1) is 0 Å². The van der Waals surface area contributed by atoms with Crippen molar-refractivity contribution in [2.24, 2.45) is 11.8 Å². The van der Waals surface area contributed by atoms with Crippen molar-refractivity contribution < 1.29 is 19.1 Å². The van der Waals surface area contributed by atoms with Gasteiger partial charge < -0.3 is 19.7 Å². The second kappa shape index (κ2) is 8.38. The molecule has 2 fully saturated rings. The zero-order chi connectivity index (χ0) is 18.5. The zero-order valence-corrected chi connectivity index (χ0v) is 15.5. The molecule has 0 spiro atoms. The maximum atomic E-state index is 12.7. The Kier molecular flexibility index (Phi) is 5.96. The van der Waals surface area contributed by atoms with E-state index in [0.29, 0.717) is 24.1 Å². The lowest BCUT2D eigenvalue weighted by molar-refractivity contribution is -0.144. The molecule has 7 nitrogen and oxygen atoms in total. The molecule has 1 aromatic rings. The Morgan fingerprint density at radius 2 is 2.04 bits per heavy atom. The second-order valence-electron chi connectivity index (χ2n) is 7.10. The smallest absolute Gasteiger partial charge is 0.310 e. The summed E-state index contributed by atoms with van der Waals surface area (Å²) >= 11 is 0. The number of pyridine rings is 1. The molecule has 1 saturated carbocycles. The van der Waals surface area contributed by atoms with E-state index in [1.807, 2.05) is 12.1 Å². The van der Waals surface area contributed by atoms with Crippen molar-refractivity contribution in [3.63, 3.8) is 0 Å². The van der Waals surface area contributed by atoms with Crippen LogP contribution in [-0.4, -0.2) is 50.2 Å². The first-order valence-electron chi connectivity index (χ1n) is 9.33. The van der Waals surface area contributed by atoms with E-state index in [0.717, 1.165) is 31.6 Å². The number of esters is 1. The van der Waals surface area contributed by atoms with Crippen LogP contribution in [-0.2, 0) is 9.53 Å². The summed E-state index contributed by atoms with van der Waals surface area (Å²) < 4.78 is 10.4. The van der Waals surface area contributed by atoms with E-state index in [2.05, 4.69) is 15.2 Å². The van der Waals surface area contributed by atoms with Gasteiger partial charge in [-0.2, -0.15) is 0 Å². The highest BCUT2D eigenvalue weighted by atomic mass is 16.5. The van der Waals surface area contributed by atoms with Gasteiger partial charge in [0.15, 0.2) is 5.69 Å². The Labute approximate surface area is 154 Å². The van der Waals surface area contributed by atoms with E-state index in [9.17, 15) is 9.59 Å². The summed E-state index contributed by atoms with van der Waals surface area (Å²) in [5.41, 5.74) is 1.18. The first-order valence-corrected chi connectivity index (χ1v) is 9.33. The second-order valence-corrected chi connectivity index (χ2v) is 7.10. The van der Waals surface area contributed by atoms with E-state index in [-0.39, 0.29) is 18.4 Å². The number of nitrogens with zero attached hydrogens (tertiary/aromatic N) is 2. The van der Waals surface area contributed by atoms with Crippen LogP contribution < -0.4 is 15.0 Å². The SMILES string of the molecule is COC(=O)C(C)CNC(=O)c1nc(OCC2CC2)ccc1N1CCCC1. The molecule has 1 aliphatic carbocycles. The van der Waals surface area contributed by atoms with Gasteiger partial charge in [0.2, 0.25) is 5.88 Å². The summed E-state index contributed by atoms with van der Waals surface area (Å²) in [6, 6.07) is 3.75. The normalized spacial score (nSPS) is 17.7. The molecule has 1 N–H and O–H groups in total. The number of methoxy groups -OCH3 is 1. The molecule has 0 aromatic carbocycles. The van der Waals surface area contributed by atoms with Crippen LogP contribution in [0.15, 0.2) is 12.1 Å². The Hall–Kier alpha value is -2.31. The van der Waals surface area contributed by atoms with E-state index in [4.69, 9.17) is 9.47 Å². The van der Waals surface area contributed by atoms with Gasteiger partial charge in [0.1, 0.15) is 0 Å². The van der Waals surface area contributed by atoms with Crippen molar-refractivity contribution in [1.82, 2.24) is 10.3 Å². The van der Waals surface area contributed by atoms with Crippen LogP contribution in [0.1, 0.15) is 43.1 Å². The van der Waals surface area contributed by atoms with Gasteiger partial charge in [-0.25, -0.2) is 4.98 Å². The van der Waals surface area contributed by atoms with E-state index in [1.54, 1.807) is 6.92 Å². The van der Waals surface area contributed by atoms with E-state index >= 15 is 0 Å². The highest BCUT2D eigenvalue weighted by Gasteiger charge is 2.25. The van der Waals surface area contributed by atoms with E-state index < -0.39 is 5.92 Å². The minimum atomic E-state index is -0.409. The molecule has 3 rings (SSSR count). The third kappa shape index (κ3) is 4.65. The Balaban J connectivity index is 1.72. The third-order valence-corrected chi connectivity index (χ3v) is 4.85. The molecule has 0 bridgehead atoms. The van der Waals surface area contributed by atoms with E-state index in [1.165, 1.54) is 20.0 Å². The molecule has 1 aliphatic heterocycles. The number of amides is 1. The molecular weight excluding hydrogens is 334 g/mol. The van der Waals surface area contributed by atoms with Crippen LogP contribution in [0.5, 0.6) is 5.88 Å². The molecule has 1 amide bonds. The standard InChI is InChI=1S/C19H27N3O4/c1-13(19(24)25-2)11-20-18(23)17-15(22-9-3-4-10-22)7-8-16(21-17)26-12-14-5-6-14/h7-8,13-14H,3-6,9-12H2,1-2H3,(H,20,23). The van der Waals surface area contributed by atoms with Gasteiger partial charge in [-0.05, 0) is 37.7 Å². The summed E-state index contributed by atoms with van der Waals surface area (Å²) in [7, 11) is 1.34. The first-order chi connectivity index (χ1) is 12.6. The highest BCUT2D eigenvalue weighted by molar-refractivity contribution is 5.98. The predicted molar refractivity (Wildman–Crippen MR) is 97.4 cm³/mol. The largest absolute Gasteiger partial charge is 0.477 e. The fourth-order valence-electron chi connectivity index (χ4n) is 3.00. The summed E-state index contributed by atoms with van der Waals surface area (Å²) in [5, 5.41) is 2.80. The molecule has 1 unspecified atom stereocenters. The Morgan fingerprint density at radius 3 is 2.69 bits per heavy atom. The summed E-state index contributed by atoms with van der Waals surface area (Å²) in [4.78, 5) is 30.9. The van der Waals surface area contributed by atoms with Crippen LogP contribution in [0.3, 0.4) is 0 Å². The number of nitrogens with one attached hydrogen (secondary N) is 1. The molecule has 7 heteroatoms. The number of rotatable bonds is 8. The summed E-state index contributed by atoms with van der Waals surface area (Å²) in [5.74, 6) is 0.0480. The molecule has 1 aromatic heterocycles. The molecule has 142 valence electrons. The molecule has 2 aliphatic rings. The number of carbonyl (C=O) groups is 2. The third-order valence-electron chi connectivity index (χ3n) is 4.85. The van der Waals surface area contributed by atoms with Gasteiger partial charge in [-0.1, -0.05) is 6.92 Å². The Morgan fingerprint density at radius 1 is 1.31 bits per heavy atom. The fourth-order valence-corrected chi connectivity index (χ4v) is 3.00.